The standard InChI is InChI=1S/C18H30N2O/c1-5-19-17(15-11-7-8-12-16(15)21-4)18(20(2)3)13-9-6-10-14-18/h7-8,11-12,17,19H,5-6,9-10,13-14H2,1-4H3. The van der Waals surface area contributed by atoms with Gasteiger partial charge in [0.1, 0.15) is 5.75 Å². The molecule has 3 nitrogen and oxygen atoms in total. The quantitative estimate of drug-likeness (QED) is 0.866. The molecule has 0 amide bonds. The van der Waals surface area contributed by atoms with E-state index >= 15 is 0 Å². The monoisotopic (exact) mass is 290 g/mol. The van der Waals surface area contributed by atoms with E-state index in [-0.39, 0.29) is 5.54 Å². The molecule has 0 saturated heterocycles. The van der Waals surface area contributed by atoms with Crippen molar-refractivity contribution < 1.29 is 4.74 Å². The predicted molar refractivity (Wildman–Crippen MR) is 88.9 cm³/mol. The molecule has 1 aliphatic carbocycles. The Balaban J connectivity index is 2.44. The zero-order chi connectivity index (χ0) is 15.3. The number of benzene rings is 1. The molecule has 3 heteroatoms. The van der Waals surface area contributed by atoms with Crippen LogP contribution in [0.25, 0.3) is 0 Å². The lowest BCUT2D eigenvalue weighted by atomic mass is 9.73. The highest BCUT2D eigenvalue weighted by molar-refractivity contribution is 5.38. The van der Waals surface area contributed by atoms with Crippen LogP contribution in [-0.4, -0.2) is 38.2 Å². The summed E-state index contributed by atoms with van der Waals surface area (Å²) in [7, 11) is 6.22. The van der Waals surface area contributed by atoms with Crippen LogP contribution in [0.15, 0.2) is 24.3 Å². The summed E-state index contributed by atoms with van der Waals surface area (Å²) in [6.07, 6.45) is 6.48. The molecule has 1 N–H and O–H groups in total. The summed E-state index contributed by atoms with van der Waals surface area (Å²) in [5.41, 5.74) is 1.47. The van der Waals surface area contributed by atoms with E-state index in [9.17, 15) is 0 Å². The summed E-state index contributed by atoms with van der Waals surface area (Å²) in [5, 5.41) is 3.74. The minimum Gasteiger partial charge on any atom is -0.496 e. The highest BCUT2D eigenvalue weighted by Gasteiger charge is 2.43. The Hall–Kier alpha value is -1.06. The Kier molecular flexibility index (Phi) is 5.65. The second kappa shape index (κ2) is 7.28. The zero-order valence-corrected chi connectivity index (χ0v) is 14.0. The van der Waals surface area contributed by atoms with Gasteiger partial charge in [-0.3, -0.25) is 0 Å². The van der Waals surface area contributed by atoms with Crippen molar-refractivity contribution in [3.05, 3.63) is 29.8 Å². The van der Waals surface area contributed by atoms with Gasteiger partial charge >= 0.3 is 0 Å². The number of hydrogen-bond acceptors (Lipinski definition) is 3. The fourth-order valence-electron chi connectivity index (χ4n) is 3.86. The molecule has 1 saturated carbocycles. The molecule has 2 rings (SSSR count). The minimum absolute atomic E-state index is 0.183. The van der Waals surface area contributed by atoms with Crippen molar-refractivity contribution in [1.82, 2.24) is 10.2 Å². The third-order valence-electron chi connectivity index (χ3n) is 5.01. The Morgan fingerprint density at radius 2 is 1.86 bits per heavy atom. The van der Waals surface area contributed by atoms with Crippen LogP contribution < -0.4 is 10.1 Å². The van der Waals surface area contributed by atoms with Gasteiger partial charge in [-0.15, -0.1) is 0 Å². The van der Waals surface area contributed by atoms with Gasteiger partial charge in [0, 0.05) is 11.1 Å². The van der Waals surface area contributed by atoms with E-state index in [4.69, 9.17) is 4.74 Å². The first-order valence-electron chi connectivity index (χ1n) is 8.19. The molecule has 1 aliphatic rings. The molecule has 0 radical (unpaired) electrons. The van der Waals surface area contributed by atoms with Crippen molar-refractivity contribution in [2.24, 2.45) is 0 Å². The first-order chi connectivity index (χ1) is 10.2. The lowest BCUT2D eigenvalue weighted by Gasteiger charge is -2.49. The van der Waals surface area contributed by atoms with Crippen LogP contribution in [0.3, 0.4) is 0 Å². The summed E-state index contributed by atoms with van der Waals surface area (Å²) in [4.78, 5) is 2.44. The first-order valence-corrected chi connectivity index (χ1v) is 8.19. The summed E-state index contributed by atoms with van der Waals surface area (Å²) >= 11 is 0. The van der Waals surface area contributed by atoms with Crippen LogP contribution in [0, 0.1) is 0 Å². The van der Waals surface area contributed by atoms with E-state index in [2.05, 4.69) is 55.5 Å². The number of hydrogen-bond donors (Lipinski definition) is 1. The van der Waals surface area contributed by atoms with Crippen LogP contribution in [-0.2, 0) is 0 Å². The van der Waals surface area contributed by atoms with E-state index in [0.29, 0.717) is 6.04 Å². The van der Waals surface area contributed by atoms with Crippen LogP contribution in [0.2, 0.25) is 0 Å². The van der Waals surface area contributed by atoms with Gasteiger partial charge in [0.05, 0.1) is 13.2 Å². The highest BCUT2D eigenvalue weighted by atomic mass is 16.5. The molecular formula is C18H30N2O. The van der Waals surface area contributed by atoms with Crippen LogP contribution in [0.4, 0.5) is 0 Å². The third-order valence-corrected chi connectivity index (χ3v) is 5.01. The maximum Gasteiger partial charge on any atom is 0.123 e. The van der Waals surface area contributed by atoms with Crippen LogP contribution >= 0.6 is 0 Å². The molecule has 1 aromatic carbocycles. The van der Waals surface area contributed by atoms with Crippen LogP contribution in [0.5, 0.6) is 5.75 Å². The maximum atomic E-state index is 5.63. The average molecular weight is 290 g/mol. The number of para-hydroxylation sites is 1. The van der Waals surface area contributed by atoms with Gasteiger partial charge in [-0.1, -0.05) is 44.4 Å². The van der Waals surface area contributed by atoms with Gasteiger partial charge in [-0.2, -0.15) is 0 Å². The van der Waals surface area contributed by atoms with Crippen molar-refractivity contribution >= 4 is 0 Å². The summed E-state index contributed by atoms with van der Waals surface area (Å²) in [5.74, 6) is 0.996. The largest absolute Gasteiger partial charge is 0.496 e. The van der Waals surface area contributed by atoms with Gasteiger partial charge in [0.25, 0.3) is 0 Å². The fraction of sp³-hybridized carbons (Fsp3) is 0.667. The first kappa shape index (κ1) is 16.3. The summed E-state index contributed by atoms with van der Waals surface area (Å²) in [6, 6.07) is 8.77. The molecule has 0 heterocycles. The molecule has 21 heavy (non-hydrogen) atoms. The third kappa shape index (κ3) is 3.24. The predicted octanol–water partition coefficient (Wildman–Crippen LogP) is 3.61. The SMILES string of the molecule is CCNC(c1ccccc1OC)C1(N(C)C)CCCCC1. The molecule has 1 aromatic rings. The molecule has 0 spiro atoms. The Labute approximate surface area is 129 Å². The molecule has 118 valence electrons. The summed E-state index contributed by atoms with van der Waals surface area (Å²) < 4.78 is 5.63. The number of nitrogens with one attached hydrogen (secondary N) is 1. The van der Waals surface area contributed by atoms with Gasteiger partial charge in [0.15, 0.2) is 0 Å². The Morgan fingerprint density at radius 3 is 2.43 bits per heavy atom. The van der Waals surface area contributed by atoms with Gasteiger partial charge < -0.3 is 15.0 Å². The van der Waals surface area contributed by atoms with E-state index in [1.807, 2.05) is 0 Å². The molecule has 1 atom stereocenters. The van der Waals surface area contributed by atoms with Crippen molar-refractivity contribution in [3.63, 3.8) is 0 Å². The number of nitrogens with zero attached hydrogens (tertiary/aromatic N) is 1. The fourth-order valence-corrected chi connectivity index (χ4v) is 3.86. The number of likely N-dealkylation sites (N-methyl/N-ethyl adjacent to an activating group) is 2. The topological polar surface area (TPSA) is 24.5 Å². The van der Waals surface area contributed by atoms with Gasteiger partial charge in [-0.05, 0) is 39.5 Å². The molecule has 1 unspecified atom stereocenters. The number of methoxy groups -OCH3 is 1. The molecule has 1 fully saturated rings. The number of rotatable bonds is 6. The van der Waals surface area contributed by atoms with E-state index in [0.717, 1.165) is 12.3 Å². The average Bonchev–Trinajstić information content (AvgIpc) is 2.53. The molecule has 0 aliphatic heterocycles. The van der Waals surface area contributed by atoms with E-state index in [1.165, 1.54) is 37.7 Å². The van der Waals surface area contributed by atoms with Gasteiger partial charge in [0.2, 0.25) is 0 Å². The minimum atomic E-state index is 0.183. The zero-order valence-electron chi connectivity index (χ0n) is 14.0. The Bertz CT molecular complexity index is 439. The lowest BCUT2D eigenvalue weighted by molar-refractivity contribution is 0.0561. The van der Waals surface area contributed by atoms with Crippen molar-refractivity contribution in [3.8, 4) is 5.75 Å². The number of ether oxygens (including phenoxy) is 1. The molecule has 0 bridgehead atoms. The maximum absolute atomic E-state index is 5.63. The second-order valence-electron chi connectivity index (χ2n) is 6.29. The normalized spacial score (nSPS) is 19.5. The van der Waals surface area contributed by atoms with E-state index in [1.54, 1.807) is 7.11 Å². The molecular weight excluding hydrogens is 260 g/mol. The van der Waals surface area contributed by atoms with Crippen LogP contribution in [0.1, 0.15) is 50.6 Å². The smallest absolute Gasteiger partial charge is 0.123 e. The van der Waals surface area contributed by atoms with Gasteiger partial charge in [-0.25, -0.2) is 0 Å². The summed E-state index contributed by atoms with van der Waals surface area (Å²) in [6.45, 7) is 3.16. The second-order valence-corrected chi connectivity index (χ2v) is 6.29. The highest BCUT2D eigenvalue weighted by Crippen LogP contribution is 2.44. The molecule has 0 aromatic heterocycles. The van der Waals surface area contributed by atoms with Crippen molar-refractivity contribution in [2.75, 3.05) is 27.7 Å². The Morgan fingerprint density at radius 1 is 1.19 bits per heavy atom. The van der Waals surface area contributed by atoms with E-state index < -0.39 is 0 Å². The van der Waals surface area contributed by atoms with Crippen molar-refractivity contribution in [1.29, 1.82) is 0 Å². The van der Waals surface area contributed by atoms with Crippen molar-refractivity contribution in [2.45, 2.75) is 50.6 Å². The lowest BCUT2D eigenvalue weighted by Crippen LogP contribution is -2.55.